The lowest BCUT2D eigenvalue weighted by atomic mass is 9.82. The highest BCUT2D eigenvalue weighted by molar-refractivity contribution is 5.29. The van der Waals surface area contributed by atoms with Crippen LogP contribution < -0.4 is 11.1 Å². The summed E-state index contributed by atoms with van der Waals surface area (Å²) in [5, 5.41) is 9.71. The van der Waals surface area contributed by atoms with Crippen LogP contribution in [0.3, 0.4) is 0 Å². The Kier molecular flexibility index (Phi) is 2.77. The maximum atomic E-state index is 5.43. The van der Waals surface area contributed by atoms with Gasteiger partial charge in [0.2, 0.25) is 11.9 Å². The lowest BCUT2D eigenvalue weighted by Gasteiger charge is -2.33. The molecule has 0 radical (unpaired) electrons. The summed E-state index contributed by atoms with van der Waals surface area (Å²) in [5.41, 5.74) is 5.70. The van der Waals surface area contributed by atoms with Gasteiger partial charge in [0, 0.05) is 19.8 Å². The summed E-state index contributed by atoms with van der Waals surface area (Å²) in [4.78, 5) is 3.99. The van der Waals surface area contributed by atoms with Gasteiger partial charge in [-0.3, -0.25) is 0 Å². The maximum absolute atomic E-state index is 5.43. The van der Waals surface area contributed by atoms with E-state index in [0.717, 1.165) is 32.6 Å². The third-order valence-electron chi connectivity index (χ3n) is 2.88. The topological polar surface area (TPSA) is 88.9 Å². The van der Waals surface area contributed by atoms with Gasteiger partial charge in [-0.1, -0.05) is 6.92 Å². The number of H-pyrrole nitrogens is 1. The van der Waals surface area contributed by atoms with Gasteiger partial charge in [0.05, 0.1) is 0 Å². The highest BCUT2D eigenvalue weighted by atomic mass is 16.5. The molecule has 6 heteroatoms. The summed E-state index contributed by atoms with van der Waals surface area (Å²) in [6.45, 7) is 4.79. The lowest BCUT2D eigenvalue weighted by molar-refractivity contribution is 0.0299. The van der Waals surface area contributed by atoms with E-state index in [1.165, 1.54) is 0 Å². The van der Waals surface area contributed by atoms with E-state index in [4.69, 9.17) is 10.5 Å². The Balaban J connectivity index is 1.86. The third kappa shape index (κ3) is 2.59. The molecule has 0 aliphatic carbocycles. The molecule has 0 spiro atoms. The Bertz CT molecular complexity index is 318. The Morgan fingerprint density at radius 2 is 2.27 bits per heavy atom. The summed E-state index contributed by atoms with van der Waals surface area (Å²) in [7, 11) is 0. The first-order valence-corrected chi connectivity index (χ1v) is 5.17. The zero-order valence-corrected chi connectivity index (χ0v) is 8.92. The molecule has 4 N–H and O–H groups in total. The molecule has 2 heterocycles. The van der Waals surface area contributed by atoms with E-state index in [0.29, 0.717) is 11.9 Å². The van der Waals surface area contributed by atoms with E-state index in [1.54, 1.807) is 0 Å². The fraction of sp³-hybridized carbons (Fsp3) is 0.778. The second-order valence-corrected chi connectivity index (χ2v) is 4.32. The maximum Gasteiger partial charge on any atom is 0.243 e. The first-order valence-electron chi connectivity index (χ1n) is 5.17. The molecule has 0 bridgehead atoms. The van der Waals surface area contributed by atoms with E-state index in [1.807, 2.05) is 0 Å². The van der Waals surface area contributed by atoms with E-state index in [9.17, 15) is 0 Å². The molecule has 15 heavy (non-hydrogen) atoms. The Morgan fingerprint density at radius 3 is 2.87 bits per heavy atom. The number of nitrogen functional groups attached to an aromatic ring is 1. The Labute approximate surface area is 88.6 Å². The summed E-state index contributed by atoms with van der Waals surface area (Å²) in [6, 6.07) is 0. The van der Waals surface area contributed by atoms with Crippen LogP contribution in [0.25, 0.3) is 0 Å². The molecule has 0 unspecified atom stereocenters. The van der Waals surface area contributed by atoms with Crippen molar-refractivity contribution in [1.82, 2.24) is 15.2 Å². The predicted octanol–water partition coefficient (Wildman–Crippen LogP) is 0.615. The summed E-state index contributed by atoms with van der Waals surface area (Å²) < 4.78 is 5.34. The fourth-order valence-electron chi connectivity index (χ4n) is 1.69. The quantitative estimate of drug-likeness (QED) is 0.682. The van der Waals surface area contributed by atoms with Crippen molar-refractivity contribution in [2.75, 3.05) is 30.8 Å². The van der Waals surface area contributed by atoms with Gasteiger partial charge in [-0.25, -0.2) is 5.10 Å². The minimum absolute atomic E-state index is 0.271. The van der Waals surface area contributed by atoms with Crippen LogP contribution in [-0.4, -0.2) is 34.9 Å². The Morgan fingerprint density at radius 1 is 1.53 bits per heavy atom. The zero-order valence-electron chi connectivity index (χ0n) is 8.92. The molecule has 1 aromatic rings. The van der Waals surface area contributed by atoms with E-state index in [-0.39, 0.29) is 5.41 Å². The predicted molar refractivity (Wildman–Crippen MR) is 57.4 cm³/mol. The Hall–Kier alpha value is -1.30. The molecule has 0 saturated carbocycles. The van der Waals surface area contributed by atoms with Crippen LogP contribution in [0.2, 0.25) is 0 Å². The highest BCUT2D eigenvalue weighted by Crippen LogP contribution is 2.29. The average molecular weight is 211 g/mol. The molecule has 1 aliphatic heterocycles. The van der Waals surface area contributed by atoms with E-state index >= 15 is 0 Å². The van der Waals surface area contributed by atoms with Crippen LogP contribution >= 0.6 is 0 Å². The molecular weight excluding hydrogens is 194 g/mol. The minimum atomic E-state index is 0.271. The largest absolute Gasteiger partial charge is 0.381 e. The van der Waals surface area contributed by atoms with Crippen molar-refractivity contribution >= 4 is 11.9 Å². The normalized spacial score (nSPS) is 20.1. The molecule has 1 saturated heterocycles. The van der Waals surface area contributed by atoms with Crippen LogP contribution in [-0.2, 0) is 4.74 Å². The first kappa shape index (κ1) is 10.2. The number of hydrogen-bond acceptors (Lipinski definition) is 5. The molecule has 0 atom stereocenters. The number of ether oxygens (including phenoxy) is 1. The van der Waals surface area contributed by atoms with Crippen molar-refractivity contribution in [3.05, 3.63) is 0 Å². The van der Waals surface area contributed by atoms with Gasteiger partial charge in [0.25, 0.3) is 0 Å². The monoisotopic (exact) mass is 211 g/mol. The van der Waals surface area contributed by atoms with Gasteiger partial charge >= 0.3 is 0 Å². The number of aromatic nitrogens is 3. The second kappa shape index (κ2) is 4.06. The standard InChI is InChI=1S/C9H17N5O/c1-9(2-4-15-5-3-9)6-11-8-12-7(10)13-14-8/h2-6H2,1H3,(H4,10,11,12,13,14). The first-order chi connectivity index (χ1) is 7.18. The zero-order chi connectivity index (χ0) is 10.7. The van der Waals surface area contributed by atoms with Crippen LogP contribution in [0.5, 0.6) is 0 Å². The van der Waals surface area contributed by atoms with Crippen LogP contribution in [0.1, 0.15) is 19.8 Å². The SMILES string of the molecule is CC1(CNc2n[nH]c(N)n2)CCOCC1. The number of nitrogens with one attached hydrogen (secondary N) is 2. The number of aromatic amines is 1. The molecule has 1 fully saturated rings. The van der Waals surface area contributed by atoms with Crippen LogP contribution in [0, 0.1) is 5.41 Å². The molecule has 2 rings (SSSR count). The number of hydrogen-bond donors (Lipinski definition) is 3. The molecular formula is C9H17N5O. The van der Waals surface area contributed by atoms with Gasteiger partial charge in [-0.15, -0.1) is 5.10 Å². The van der Waals surface area contributed by atoms with Gasteiger partial charge in [-0.2, -0.15) is 4.98 Å². The molecule has 0 amide bonds. The number of nitrogens with zero attached hydrogens (tertiary/aromatic N) is 2. The van der Waals surface area contributed by atoms with Crippen LogP contribution in [0.4, 0.5) is 11.9 Å². The fourth-order valence-corrected chi connectivity index (χ4v) is 1.69. The van der Waals surface area contributed by atoms with Gasteiger partial charge in [0.15, 0.2) is 0 Å². The lowest BCUT2D eigenvalue weighted by Crippen LogP contribution is -2.33. The van der Waals surface area contributed by atoms with Gasteiger partial charge < -0.3 is 15.8 Å². The molecule has 84 valence electrons. The van der Waals surface area contributed by atoms with Crippen molar-refractivity contribution in [3.8, 4) is 0 Å². The van der Waals surface area contributed by atoms with Crippen LogP contribution in [0.15, 0.2) is 0 Å². The minimum Gasteiger partial charge on any atom is -0.381 e. The van der Waals surface area contributed by atoms with E-state index < -0.39 is 0 Å². The summed E-state index contributed by atoms with van der Waals surface area (Å²) in [5.74, 6) is 0.912. The smallest absolute Gasteiger partial charge is 0.243 e. The molecule has 1 aromatic heterocycles. The third-order valence-corrected chi connectivity index (χ3v) is 2.88. The molecule has 6 nitrogen and oxygen atoms in total. The summed E-state index contributed by atoms with van der Waals surface area (Å²) >= 11 is 0. The molecule has 0 aromatic carbocycles. The van der Waals surface area contributed by atoms with E-state index in [2.05, 4.69) is 27.4 Å². The summed E-state index contributed by atoms with van der Waals surface area (Å²) in [6.07, 6.45) is 2.14. The van der Waals surface area contributed by atoms with Crippen molar-refractivity contribution in [2.24, 2.45) is 5.41 Å². The van der Waals surface area contributed by atoms with Gasteiger partial charge in [0.1, 0.15) is 0 Å². The number of rotatable bonds is 3. The van der Waals surface area contributed by atoms with Crippen molar-refractivity contribution in [3.63, 3.8) is 0 Å². The number of nitrogens with two attached hydrogens (primary N) is 1. The van der Waals surface area contributed by atoms with Crippen molar-refractivity contribution in [2.45, 2.75) is 19.8 Å². The average Bonchev–Trinajstić information content (AvgIpc) is 2.63. The second-order valence-electron chi connectivity index (χ2n) is 4.32. The highest BCUT2D eigenvalue weighted by Gasteiger charge is 2.27. The van der Waals surface area contributed by atoms with Crippen molar-refractivity contribution < 1.29 is 4.74 Å². The van der Waals surface area contributed by atoms with Gasteiger partial charge in [-0.05, 0) is 18.3 Å². The number of anilines is 2. The molecule has 1 aliphatic rings. The van der Waals surface area contributed by atoms with Crippen molar-refractivity contribution in [1.29, 1.82) is 0 Å².